The van der Waals surface area contributed by atoms with Crippen LogP contribution in [0.4, 0.5) is 5.69 Å². The number of aromatic nitrogens is 1. The normalized spacial score (nSPS) is 18.9. The van der Waals surface area contributed by atoms with Gasteiger partial charge < -0.3 is 5.32 Å². The van der Waals surface area contributed by atoms with Gasteiger partial charge in [-0.25, -0.2) is 0 Å². The summed E-state index contributed by atoms with van der Waals surface area (Å²) in [7, 11) is 0. The number of thioether (sulfide) groups is 1. The lowest BCUT2D eigenvalue weighted by atomic mass is 10.1. The Labute approximate surface area is 122 Å². The molecule has 2 nitrogen and oxygen atoms in total. The monoisotopic (exact) mass is 292 g/mol. The maximum absolute atomic E-state index is 6.40. The lowest BCUT2D eigenvalue weighted by molar-refractivity contribution is 0.632. The number of hydrogen-bond acceptors (Lipinski definition) is 3. The Kier molecular flexibility index (Phi) is 3.85. The minimum atomic E-state index is 0.758. The summed E-state index contributed by atoms with van der Waals surface area (Å²) in [5.41, 5.74) is 3.20. The lowest BCUT2D eigenvalue weighted by Gasteiger charge is -2.15. The second kappa shape index (κ2) is 5.59. The zero-order chi connectivity index (χ0) is 13.2. The Morgan fingerprint density at radius 1 is 1.53 bits per heavy atom. The predicted molar refractivity (Wildman–Crippen MR) is 85.4 cm³/mol. The molecule has 3 rings (SSSR count). The smallest absolute Gasteiger partial charge is 0.0752 e. The van der Waals surface area contributed by atoms with E-state index in [1.165, 1.54) is 17.9 Å². The fourth-order valence-electron chi connectivity index (χ4n) is 2.55. The molecule has 0 amide bonds. The highest BCUT2D eigenvalue weighted by Gasteiger charge is 2.16. The van der Waals surface area contributed by atoms with Gasteiger partial charge in [-0.1, -0.05) is 11.6 Å². The molecule has 1 aliphatic heterocycles. The zero-order valence-electron chi connectivity index (χ0n) is 10.9. The molecule has 100 valence electrons. The van der Waals surface area contributed by atoms with Crippen LogP contribution in [0.3, 0.4) is 0 Å². The van der Waals surface area contributed by atoms with Crippen LogP contribution >= 0.6 is 23.4 Å². The molecule has 2 heterocycles. The van der Waals surface area contributed by atoms with Crippen molar-refractivity contribution in [3.8, 4) is 0 Å². The summed E-state index contributed by atoms with van der Waals surface area (Å²) >= 11 is 8.44. The second-order valence-electron chi connectivity index (χ2n) is 5.06. The van der Waals surface area contributed by atoms with E-state index in [4.69, 9.17) is 11.6 Å². The van der Waals surface area contributed by atoms with Crippen LogP contribution in [-0.4, -0.2) is 23.0 Å². The number of hydrogen-bond donors (Lipinski definition) is 1. The molecule has 0 bridgehead atoms. The van der Waals surface area contributed by atoms with E-state index in [2.05, 4.69) is 23.3 Å². The summed E-state index contributed by atoms with van der Waals surface area (Å²) in [5, 5.41) is 5.46. The van der Waals surface area contributed by atoms with E-state index in [0.29, 0.717) is 0 Å². The van der Waals surface area contributed by atoms with Gasteiger partial charge >= 0.3 is 0 Å². The first kappa shape index (κ1) is 13.1. The van der Waals surface area contributed by atoms with E-state index in [1.54, 1.807) is 0 Å². The molecular weight excluding hydrogens is 276 g/mol. The molecule has 1 aliphatic rings. The predicted octanol–water partition coefficient (Wildman–Crippen LogP) is 4.36. The van der Waals surface area contributed by atoms with Crippen molar-refractivity contribution in [2.24, 2.45) is 5.92 Å². The van der Waals surface area contributed by atoms with Crippen molar-refractivity contribution in [3.05, 3.63) is 35.0 Å². The fraction of sp³-hybridized carbons (Fsp3) is 0.400. The number of nitrogens with one attached hydrogen (secondary N) is 1. The van der Waals surface area contributed by atoms with Crippen LogP contribution in [0.1, 0.15) is 12.0 Å². The summed E-state index contributed by atoms with van der Waals surface area (Å²) in [6.07, 6.45) is 3.14. The van der Waals surface area contributed by atoms with Gasteiger partial charge in [0.1, 0.15) is 0 Å². The third-order valence-electron chi connectivity index (χ3n) is 3.62. The van der Waals surface area contributed by atoms with E-state index < -0.39 is 0 Å². The molecule has 19 heavy (non-hydrogen) atoms. The number of nitrogens with zero attached hydrogens (tertiary/aromatic N) is 1. The van der Waals surface area contributed by atoms with Gasteiger partial charge in [0.05, 0.1) is 16.2 Å². The number of rotatable bonds is 3. The number of pyridine rings is 1. The molecule has 0 spiro atoms. The van der Waals surface area contributed by atoms with Crippen LogP contribution in [0.25, 0.3) is 10.9 Å². The Morgan fingerprint density at radius 2 is 2.42 bits per heavy atom. The van der Waals surface area contributed by atoms with Crippen LogP contribution in [-0.2, 0) is 0 Å². The largest absolute Gasteiger partial charge is 0.383 e. The molecule has 1 fully saturated rings. The first-order valence-electron chi connectivity index (χ1n) is 6.61. The minimum Gasteiger partial charge on any atom is -0.383 e. The van der Waals surface area contributed by atoms with Crippen molar-refractivity contribution in [1.29, 1.82) is 0 Å². The maximum Gasteiger partial charge on any atom is 0.0752 e. The Morgan fingerprint density at radius 3 is 3.21 bits per heavy atom. The maximum atomic E-state index is 6.40. The zero-order valence-corrected chi connectivity index (χ0v) is 12.5. The van der Waals surface area contributed by atoms with Gasteiger partial charge in [-0.3, -0.25) is 4.98 Å². The van der Waals surface area contributed by atoms with Gasteiger partial charge in [0.25, 0.3) is 0 Å². The first-order chi connectivity index (χ1) is 9.25. The van der Waals surface area contributed by atoms with E-state index >= 15 is 0 Å². The summed E-state index contributed by atoms with van der Waals surface area (Å²) in [6.45, 7) is 3.05. The van der Waals surface area contributed by atoms with Crippen molar-refractivity contribution >= 4 is 40.0 Å². The molecule has 0 saturated carbocycles. The van der Waals surface area contributed by atoms with Crippen molar-refractivity contribution in [1.82, 2.24) is 4.98 Å². The molecule has 1 atom stereocenters. The molecule has 0 aliphatic carbocycles. The molecule has 1 saturated heterocycles. The molecule has 1 aromatic carbocycles. The summed E-state index contributed by atoms with van der Waals surface area (Å²) in [5.74, 6) is 3.30. The molecule has 2 aromatic rings. The minimum absolute atomic E-state index is 0.758. The van der Waals surface area contributed by atoms with E-state index in [1.807, 2.05) is 30.1 Å². The van der Waals surface area contributed by atoms with Crippen LogP contribution < -0.4 is 5.32 Å². The Balaban J connectivity index is 1.93. The standard InChI is InChI=1S/C15H17ClN2S/c1-10-7-13(16)15(12-3-2-5-17-14(10)12)18-8-11-4-6-19-9-11/h2-3,5,7,11,18H,4,6,8-9H2,1H3. The topological polar surface area (TPSA) is 24.9 Å². The van der Waals surface area contributed by atoms with Crippen molar-refractivity contribution < 1.29 is 0 Å². The molecule has 1 unspecified atom stereocenters. The first-order valence-corrected chi connectivity index (χ1v) is 8.14. The summed E-state index contributed by atoms with van der Waals surface area (Å²) in [6, 6.07) is 6.06. The fourth-order valence-corrected chi connectivity index (χ4v) is 4.17. The SMILES string of the molecule is Cc1cc(Cl)c(NCC2CCSC2)c2cccnc12. The molecular formula is C15H17ClN2S. The van der Waals surface area contributed by atoms with Crippen LogP contribution in [0.2, 0.25) is 5.02 Å². The third kappa shape index (κ3) is 2.67. The highest BCUT2D eigenvalue weighted by atomic mass is 35.5. The Bertz CT molecular complexity index is 594. The van der Waals surface area contributed by atoms with Crippen LogP contribution in [0.5, 0.6) is 0 Å². The van der Waals surface area contributed by atoms with E-state index in [0.717, 1.165) is 39.6 Å². The number of benzene rings is 1. The third-order valence-corrected chi connectivity index (χ3v) is 5.15. The number of fused-ring (bicyclic) bond motifs is 1. The van der Waals surface area contributed by atoms with Crippen LogP contribution in [0.15, 0.2) is 24.4 Å². The average molecular weight is 293 g/mol. The van der Waals surface area contributed by atoms with E-state index in [-0.39, 0.29) is 0 Å². The number of anilines is 1. The highest BCUT2D eigenvalue weighted by molar-refractivity contribution is 7.99. The van der Waals surface area contributed by atoms with Gasteiger partial charge in [-0.2, -0.15) is 11.8 Å². The Hall–Kier alpha value is -0.930. The van der Waals surface area contributed by atoms with Gasteiger partial charge in [0.15, 0.2) is 0 Å². The highest BCUT2D eigenvalue weighted by Crippen LogP contribution is 2.33. The van der Waals surface area contributed by atoms with Gasteiger partial charge in [-0.15, -0.1) is 0 Å². The van der Waals surface area contributed by atoms with Crippen molar-refractivity contribution in [2.75, 3.05) is 23.4 Å². The number of halogens is 1. The molecule has 0 radical (unpaired) electrons. The second-order valence-corrected chi connectivity index (χ2v) is 6.62. The van der Waals surface area contributed by atoms with Gasteiger partial charge in [0.2, 0.25) is 0 Å². The van der Waals surface area contributed by atoms with Crippen molar-refractivity contribution in [2.45, 2.75) is 13.3 Å². The average Bonchev–Trinajstić information content (AvgIpc) is 2.92. The summed E-state index contributed by atoms with van der Waals surface area (Å²) in [4.78, 5) is 4.46. The summed E-state index contributed by atoms with van der Waals surface area (Å²) < 4.78 is 0. The molecule has 1 N–H and O–H groups in total. The number of aryl methyl sites for hydroxylation is 1. The van der Waals surface area contributed by atoms with Crippen LogP contribution in [0, 0.1) is 12.8 Å². The van der Waals surface area contributed by atoms with Gasteiger partial charge in [0, 0.05) is 18.1 Å². The van der Waals surface area contributed by atoms with Gasteiger partial charge in [-0.05, 0) is 54.5 Å². The van der Waals surface area contributed by atoms with E-state index in [9.17, 15) is 0 Å². The quantitative estimate of drug-likeness (QED) is 0.910. The van der Waals surface area contributed by atoms with Crippen molar-refractivity contribution in [3.63, 3.8) is 0 Å². The molecule has 1 aromatic heterocycles. The lowest BCUT2D eigenvalue weighted by Crippen LogP contribution is -2.14. The molecule has 4 heteroatoms.